The molecule has 0 aliphatic carbocycles. The van der Waals surface area contributed by atoms with E-state index in [4.69, 9.17) is 6.42 Å². The summed E-state index contributed by atoms with van der Waals surface area (Å²) in [6.45, 7) is 1.96. The molecule has 2 nitrogen and oxygen atoms in total. The van der Waals surface area contributed by atoms with Crippen LogP contribution in [0.25, 0.3) is 0 Å². The number of aromatic nitrogens is 1. The van der Waals surface area contributed by atoms with Gasteiger partial charge in [-0.1, -0.05) is 0 Å². The van der Waals surface area contributed by atoms with Crippen molar-refractivity contribution < 1.29 is 0 Å². The van der Waals surface area contributed by atoms with Gasteiger partial charge in [0.15, 0.2) is 0 Å². The summed E-state index contributed by atoms with van der Waals surface area (Å²) in [5.74, 6) is 2.64. The highest BCUT2D eigenvalue weighted by molar-refractivity contribution is 5.02. The maximum absolute atomic E-state index is 5.15. The fourth-order valence-corrected chi connectivity index (χ4v) is 1.18. The normalized spacial score (nSPS) is 9.77. The lowest BCUT2D eigenvalue weighted by Crippen LogP contribution is -2.14. The fourth-order valence-electron chi connectivity index (χ4n) is 1.18. The van der Waals surface area contributed by atoms with Crippen LogP contribution in [0.1, 0.15) is 25.0 Å². The summed E-state index contributed by atoms with van der Waals surface area (Å²) in [6.07, 6.45) is 10.3. The molecule has 0 unspecified atom stereocenters. The van der Waals surface area contributed by atoms with E-state index in [1.807, 2.05) is 12.3 Å². The lowest BCUT2D eigenvalue weighted by Gasteiger charge is -2.01. The molecule has 0 atom stereocenters. The van der Waals surface area contributed by atoms with Crippen LogP contribution in [0.3, 0.4) is 0 Å². The van der Waals surface area contributed by atoms with E-state index in [0.717, 1.165) is 32.4 Å². The van der Waals surface area contributed by atoms with Crippen molar-refractivity contribution in [3.05, 3.63) is 24.0 Å². The Morgan fingerprint density at radius 3 is 3.08 bits per heavy atom. The Hall–Kier alpha value is -1.20. The maximum atomic E-state index is 5.15. The van der Waals surface area contributed by atoms with E-state index in [9.17, 15) is 0 Å². The summed E-state index contributed by atoms with van der Waals surface area (Å²) < 4.78 is 0. The van der Waals surface area contributed by atoms with Crippen molar-refractivity contribution in [2.45, 2.75) is 25.8 Å². The molecule has 0 bridgehead atoms. The number of terminal acetylenes is 1. The van der Waals surface area contributed by atoms with E-state index in [-0.39, 0.29) is 0 Å². The lowest BCUT2D eigenvalue weighted by atomic mass is 10.2. The zero-order valence-corrected chi connectivity index (χ0v) is 7.84. The average Bonchev–Trinajstić information content (AvgIpc) is 2.63. The van der Waals surface area contributed by atoms with Gasteiger partial charge in [-0.25, -0.2) is 0 Å². The molecule has 2 N–H and O–H groups in total. The van der Waals surface area contributed by atoms with Crippen LogP contribution in [0.15, 0.2) is 18.3 Å². The van der Waals surface area contributed by atoms with Gasteiger partial charge >= 0.3 is 0 Å². The molecule has 0 aliphatic heterocycles. The smallest absolute Gasteiger partial charge is 0.0357 e. The lowest BCUT2D eigenvalue weighted by molar-refractivity contribution is 0.624. The first kappa shape index (κ1) is 9.88. The van der Waals surface area contributed by atoms with Gasteiger partial charge in [-0.3, -0.25) is 0 Å². The quantitative estimate of drug-likeness (QED) is 0.503. The van der Waals surface area contributed by atoms with Gasteiger partial charge in [-0.2, -0.15) is 0 Å². The molecule has 1 aromatic rings. The van der Waals surface area contributed by atoms with Gasteiger partial charge < -0.3 is 10.3 Å². The molecule has 0 radical (unpaired) electrons. The van der Waals surface area contributed by atoms with E-state index < -0.39 is 0 Å². The minimum atomic E-state index is 0.893. The minimum absolute atomic E-state index is 0.893. The molecule has 0 fully saturated rings. The summed E-state index contributed by atoms with van der Waals surface area (Å²) >= 11 is 0. The Balaban J connectivity index is 1.94. The van der Waals surface area contributed by atoms with E-state index in [1.165, 1.54) is 5.69 Å². The number of rotatable bonds is 6. The van der Waals surface area contributed by atoms with Crippen molar-refractivity contribution in [1.29, 1.82) is 0 Å². The number of H-pyrrole nitrogens is 1. The van der Waals surface area contributed by atoms with Crippen LogP contribution >= 0.6 is 0 Å². The second-order valence-electron chi connectivity index (χ2n) is 3.03. The third kappa shape index (κ3) is 4.39. The van der Waals surface area contributed by atoms with Crippen molar-refractivity contribution in [2.75, 3.05) is 6.54 Å². The second-order valence-corrected chi connectivity index (χ2v) is 3.03. The van der Waals surface area contributed by atoms with E-state index in [1.54, 1.807) is 0 Å². The number of unbranched alkanes of at least 4 members (excludes halogenated alkanes) is 2. The van der Waals surface area contributed by atoms with E-state index in [2.05, 4.69) is 22.3 Å². The van der Waals surface area contributed by atoms with Crippen molar-refractivity contribution in [3.8, 4) is 12.3 Å². The number of hydrogen-bond donors (Lipinski definition) is 2. The van der Waals surface area contributed by atoms with Gasteiger partial charge in [0.25, 0.3) is 0 Å². The molecule has 0 aromatic carbocycles. The van der Waals surface area contributed by atoms with Crippen LogP contribution in [0.2, 0.25) is 0 Å². The summed E-state index contributed by atoms with van der Waals surface area (Å²) in [4.78, 5) is 3.14. The number of hydrogen-bond acceptors (Lipinski definition) is 1. The molecule has 2 heteroatoms. The predicted octanol–water partition coefficient (Wildman–Crippen LogP) is 1.91. The molecule has 1 rings (SSSR count). The molecular weight excluding hydrogens is 160 g/mol. The number of aromatic amines is 1. The van der Waals surface area contributed by atoms with Gasteiger partial charge in [0.2, 0.25) is 0 Å². The fraction of sp³-hybridized carbons (Fsp3) is 0.455. The topological polar surface area (TPSA) is 27.8 Å². The zero-order valence-electron chi connectivity index (χ0n) is 7.84. The first-order valence-electron chi connectivity index (χ1n) is 4.70. The highest BCUT2D eigenvalue weighted by Gasteiger charge is 1.91. The molecule has 1 aromatic heterocycles. The standard InChI is InChI=1S/C11H16N2/c1-2-3-4-5-8-12-10-11-7-6-9-13-11/h1,6-7,9,12-13H,3-5,8,10H2. The molecule has 1 heterocycles. The Morgan fingerprint density at radius 1 is 1.46 bits per heavy atom. The number of nitrogens with one attached hydrogen (secondary N) is 2. The zero-order chi connectivity index (χ0) is 9.36. The molecule has 0 aliphatic rings. The molecular formula is C11H16N2. The Morgan fingerprint density at radius 2 is 2.38 bits per heavy atom. The van der Waals surface area contributed by atoms with Crippen LogP contribution < -0.4 is 5.32 Å². The van der Waals surface area contributed by atoms with Crippen molar-refractivity contribution in [2.24, 2.45) is 0 Å². The molecule has 13 heavy (non-hydrogen) atoms. The Kier molecular flexibility index (Phi) is 4.81. The first-order chi connectivity index (χ1) is 6.43. The van der Waals surface area contributed by atoms with Crippen LogP contribution in [0.5, 0.6) is 0 Å². The van der Waals surface area contributed by atoms with Gasteiger partial charge in [0, 0.05) is 24.9 Å². The van der Waals surface area contributed by atoms with Gasteiger partial charge in [-0.15, -0.1) is 12.3 Å². The van der Waals surface area contributed by atoms with Crippen LogP contribution in [0, 0.1) is 12.3 Å². The molecule has 70 valence electrons. The Bertz CT molecular complexity index is 244. The average molecular weight is 176 g/mol. The van der Waals surface area contributed by atoms with Crippen molar-refractivity contribution in [1.82, 2.24) is 10.3 Å². The monoisotopic (exact) mass is 176 g/mol. The molecule has 0 amide bonds. The van der Waals surface area contributed by atoms with Crippen LogP contribution in [-0.2, 0) is 6.54 Å². The third-order valence-electron chi connectivity index (χ3n) is 1.90. The van der Waals surface area contributed by atoms with Gasteiger partial charge in [-0.05, 0) is 31.5 Å². The van der Waals surface area contributed by atoms with Crippen molar-refractivity contribution in [3.63, 3.8) is 0 Å². The van der Waals surface area contributed by atoms with Crippen molar-refractivity contribution >= 4 is 0 Å². The van der Waals surface area contributed by atoms with Crippen LogP contribution in [0.4, 0.5) is 0 Å². The highest BCUT2D eigenvalue weighted by Crippen LogP contribution is 1.95. The largest absolute Gasteiger partial charge is 0.364 e. The third-order valence-corrected chi connectivity index (χ3v) is 1.90. The predicted molar refractivity (Wildman–Crippen MR) is 55.2 cm³/mol. The summed E-state index contributed by atoms with van der Waals surface area (Å²) in [5, 5.41) is 3.35. The SMILES string of the molecule is C#CCCCCNCc1ccc[nH]1. The van der Waals surface area contributed by atoms with Crippen LogP contribution in [-0.4, -0.2) is 11.5 Å². The summed E-state index contributed by atoms with van der Waals surface area (Å²) in [5.41, 5.74) is 1.23. The molecule has 0 saturated carbocycles. The maximum Gasteiger partial charge on any atom is 0.0357 e. The highest BCUT2D eigenvalue weighted by atomic mass is 14.9. The van der Waals surface area contributed by atoms with E-state index >= 15 is 0 Å². The van der Waals surface area contributed by atoms with Gasteiger partial charge in [0.1, 0.15) is 0 Å². The second kappa shape index (κ2) is 6.33. The Labute approximate surface area is 79.7 Å². The van der Waals surface area contributed by atoms with E-state index in [0.29, 0.717) is 0 Å². The summed E-state index contributed by atoms with van der Waals surface area (Å²) in [7, 11) is 0. The first-order valence-corrected chi connectivity index (χ1v) is 4.70. The van der Waals surface area contributed by atoms with Gasteiger partial charge in [0.05, 0.1) is 0 Å². The minimum Gasteiger partial charge on any atom is -0.364 e. The summed E-state index contributed by atoms with van der Waals surface area (Å²) in [6, 6.07) is 4.09. The molecule has 0 saturated heterocycles. The molecule has 0 spiro atoms.